The van der Waals surface area contributed by atoms with Gasteiger partial charge in [0.15, 0.2) is 0 Å². The second-order valence-corrected chi connectivity index (χ2v) is 6.58. The topological polar surface area (TPSA) is 56.0 Å². The van der Waals surface area contributed by atoms with Crippen LogP contribution in [0.1, 0.15) is 31.6 Å². The predicted molar refractivity (Wildman–Crippen MR) is 96.2 cm³/mol. The molecule has 0 unspecified atom stereocenters. The molecule has 0 radical (unpaired) electrons. The van der Waals surface area contributed by atoms with Crippen LogP contribution in [0, 0.1) is 0 Å². The molecule has 0 spiro atoms. The molecular formula is C19H23N5O. The highest BCUT2D eigenvalue weighted by Gasteiger charge is 2.25. The number of aromatic nitrogens is 4. The smallest absolute Gasteiger partial charge is 0.242 e. The highest BCUT2D eigenvalue weighted by Crippen LogP contribution is 2.22. The first-order valence-corrected chi connectivity index (χ1v) is 8.97. The van der Waals surface area contributed by atoms with Crippen LogP contribution < -0.4 is 0 Å². The maximum atomic E-state index is 12.9. The van der Waals surface area contributed by atoms with Crippen molar-refractivity contribution in [1.82, 2.24) is 24.2 Å². The van der Waals surface area contributed by atoms with Gasteiger partial charge in [-0.3, -0.25) is 9.48 Å². The second kappa shape index (κ2) is 6.70. The number of piperidine rings is 1. The minimum absolute atomic E-state index is 0.162. The molecule has 1 atom stereocenters. The Morgan fingerprint density at radius 2 is 2.16 bits per heavy atom. The maximum absolute atomic E-state index is 12.9. The molecule has 6 heteroatoms. The van der Waals surface area contributed by atoms with Crippen molar-refractivity contribution in [2.45, 2.75) is 38.8 Å². The number of likely N-dealkylation sites (tertiary alicyclic amines) is 1. The molecule has 1 aliphatic heterocycles. The van der Waals surface area contributed by atoms with Crippen molar-refractivity contribution in [3.63, 3.8) is 0 Å². The van der Waals surface area contributed by atoms with E-state index in [4.69, 9.17) is 0 Å². The van der Waals surface area contributed by atoms with E-state index < -0.39 is 0 Å². The number of benzene rings is 1. The van der Waals surface area contributed by atoms with Crippen molar-refractivity contribution in [2.24, 2.45) is 0 Å². The summed E-state index contributed by atoms with van der Waals surface area (Å²) in [4.78, 5) is 19.6. The Bertz CT molecular complexity index is 867. The third-order valence-corrected chi connectivity index (χ3v) is 4.99. The number of hydrogen-bond donors (Lipinski definition) is 0. The molecular weight excluding hydrogens is 314 g/mol. The number of aryl methyl sites for hydroxylation is 1. The van der Waals surface area contributed by atoms with E-state index in [2.05, 4.69) is 21.6 Å². The van der Waals surface area contributed by atoms with Gasteiger partial charge in [0.05, 0.1) is 17.1 Å². The summed E-state index contributed by atoms with van der Waals surface area (Å²) in [5.41, 5.74) is 1.99. The molecule has 4 rings (SSSR count). The lowest BCUT2D eigenvalue weighted by Gasteiger charge is -2.33. The second-order valence-electron chi connectivity index (χ2n) is 6.58. The number of carbonyl (C=O) groups excluding carboxylic acids is 1. The number of amides is 1. The van der Waals surface area contributed by atoms with Gasteiger partial charge in [-0.2, -0.15) is 5.10 Å². The molecule has 0 N–H and O–H groups in total. The molecule has 3 heterocycles. The summed E-state index contributed by atoms with van der Waals surface area (Å²) in [6, 6.07) is 10.2. The molecule has 0 bridgehead atoms. The first-order chi connectivity index (χ1) is 12.3. The lowest BCUT2D eigenvalue weighted by atomic mass is 10.1. The van der Waals surface area contributed by atoms with Crippen LogP contribution in [-0.2, 0) is 17.8 Å². The quantitative estimate of drug-likeness (QED) is 0.735. The standard InChI is InChI=1S/C19H23N5O/c1-2-18-21-16-8-3-4-9-17(16)23(18)14-19(25)22-11-5-7-15(13-22)24-12-6-10-20-24/h3-4,6,8-10,12,15H,2,5,7,11,13-14H2,1H3/t15-/m0/s1. The maximum Gasteiger partial charge on any atom is 0.242 e. The Labute approximate surface area is 147 Å². The summed E-state index contributed by atoms with van der Waals surface area (Å²) in [6.45, 7) is 3.99. The number of rotatable bonds is 4. The monoisotopic (exact) mass is 337 g/mol. The van der Waals surface area contributed by atoms with Crippen LogP contribution in [0.25, 0.3) is 11.0 Å². The lowest BCUT2D eigenvalue weighted by molar-refractivity contribution is -0.133. The number of para-hydroxylation sites is 2. The predicted octanol–water partition coefficient (Wildman–Crippen LogP) is 2.66. The Morgan fingerprint density at radius 3 is 2.96 bits per heavy atom. The molecule has 2 aromatic heterocycles. The van der Waals surface area contributed by atoms with E-state index in [9.17, 15) is 4.79 Å². The van der Waals surface area contributed by atoms with Gasteiger partial charge in [0.1, 0.15) is 12.4 Å². The fourth-order valence-corrected chi connectivity index (χ4v) is 3.70. The molecule has 0 saturated carbocycles. The lowest BCUT2D eigenvalue weighted by Crippen LogP contribution is -2.42. The van der Waals surface area contributed by atoms with E-state index in [-0.39, 0.29) is 11.9 Å². The number of imidazole rings is 1. The fourth-order valence-electron chi connectivity index (χ4n) is 3.70. The highest BCUT2D eigenvalue weighted by atomic mass is 16.2. The minimum atomic E-state index is 0.162. The first-order valence-electron chi connectivity index (χ1n) is 8.97. The average Bonchev–Trinajstić information content (AvgIpc) is 3.30. The number of fused-ring (bicyclic) bond motifs is 1. The van der Waals surface area contributed by atoms with Crippen LogP contribution in [0.4, 0.5) is 0 Å². The van der Waals surface area contributed by atoms with Crippen molar-refractivity contribution >= 4 is 16.9 Å². The van der Waals surface area contributed by atoms with Crippen molar-refractivity contribution in [2.75, 3.05) is 13.1 Å². The van der Waals surface area contributed by atoms with Crippen LogP contribution in [0.5, 0.6) is 0 Å². The van der Waals surface area contributed by atoms with Gasteiger partial charge >= 0.3 is 0 Å². The Balaban J connectivity index is 1.54. The van der Waals surface area contributed by atoms with Gasteiger partial charge in [-0.05, 0) is 31.0 Å². The molecule has 3 aromatic rings. The zero-order chi connectivity index (χ0) is 17.2. The summed E-state index contributed by atoms with van der Waals surface area (Å²) < 4.78 is 4.04. The molecule has 130 valence electrons. The zero-order valence-electron chi connectivity index (χ0n) is 14.5. The zero-order valence-corrected chi connectivity index (χ0v) is 14.5. The number of hydrogen-bond acceptors (Lipinski definition) is 3. The molecule has 25 heavy (non-hydrogen) atoms. The molecule has 0 aliphatic carbocycles. The summed E-state index contributed by atoms with van der Waals surface area (Å²) in [5, 5.41) is 4.34. The van der Waals surface area contributed by atoms with Crippen LogP contribution in [0.2, 0.25) is 0 Å². The summed E-state index contributed by atoms with van der Waals surface area (Å²) in [7, 11) is 0. The van der Waals surface area contributed by atoms with Gasteiger partial charge in [0, 0.05) is 31.9 Å². The van der Waals surface area contributed by atoms with Crippen LogP contribution >= 0.6 is 0 Å². The Morgan fingerprint density at radius 1 is 1.28 bits per heavy atom. The molecule has 1 amide bonds. The van der Waals surface area contributed by atoms with E-state index >= 15 is 0 Å². The van der Waals surface area contributed by atoms with Crippen LogP contribution in [0.15, 0.2) is 42.7 Å². The highest BCUT2D eigenvalue weighted by molar-refractivity contribution is 5.81. The molecule has 6 nitrogen and oxygen atoms in total. The van der Waals surface area contributed by atoms with E-state index in [0.717, 1.165) is 49.2 Å². The molecule has 1 aliphatic rings. The normalized spacial score (nSPS) is 18.0. The van der Waals surface area contributed by atoms with Gasteiger partial charge in [0.25, 0.3) is 0 Å². The Hall–Kier alpha value is -2.63. The molecule has 1 fully saturated rings. The van der Waals surface area contributed by atoms with Crippen LogP contribution in [0.3, 0.4) is 0 Å². The number of nitrogens with zero attached hydrogens (tertiary/aromatic N) is 5. The minimum Gasteiger partial charge on any atom is -0.339 e. The van der Waals surface area contributed by atoms with Crippen molar-refractivity contribution < 1.29 is 4.79 Å². The SMILES string of the molecule is CCc1nc2ccccc2n1CC(=O)N1CCC[C@H](n2cccn2)C1. The Kier molecular flexibility index (Phi) is 4.26. The van der Waals surface area contributed by atoms with Gasteiger partial charge in [-0.1, -0.05) is 19.1 Å². The largest absolute Gasteiger partial charge is 0.339 e. The van der Waals surface area contributed by atoms with E-state index in [1.165, 1.54) is 0 Å². The van der Waals surface area contributed by atoms with Crippen LogP contribution in [-0.4, -0.2) is 43.2 Å². The molecule has 1 saturated heterocycles. The summed E-state index contributed by atoms with van der Waals surface area (Å²) in [5.74, 6) is 1.13. The van der Waals surface area contributed by atoms with Crippen molar-refractivity contribution in [3.05, 3.63) is 48.5 Å². The number of carbonyl (C=O) groups is 1. The van der Waals surface area contributed by atoms with Gasteiger partial charge in [-0.15, -0.1) is 0 Å². The average molecular weight is 337 g/mol. The van der Waals surface area contributed by atoms with Crippen molar-refractivity contribution in [1.29, 1.82) is 0 Å². The van der Waals surface area contributed by atoms with E-state index in [1.54, 1.807) is 6.20 Å². The van der Waals surface area contributed by atoms with E-state index in [1.807, 2.05) is 46.1 Å². The van der Waals surface area contributed by atoms with Gasteiger partial charge in [0.2, 0.25) is 5.91 Å². The van der Waals surface area contributed by atoms with E-state index in [0.29, 0.717) is 6.54 Å². The first kappa shape index (κ1) is 15.9. The van der Waals surface area contributed by atoms with Crippen molar-refractivity contribution in [3.8, 4) is 0 Å². The van der Waals surface area contributed by atoms with Gasteiger partial charge < -0.3 is 9.47 Å². The molecule has 1 aromatic carbocycles. The summed E-state index contributed by atoms with van der Waals surface area (Å²) >= 11 is 0. The summed E-state index contributed by atoms with van der Waals surface area (Å²) in [6.07, 6.45) is 6.68. The fraction of sp³-hybridized carbons (Fsp3) is 0.421. The third-order valence-electron chi connectivity index (χ3n) is 4.99. The van der Waals surface area contributed by atoms with Gasteiger partial charge in [-0.25, -0.2) is 4.98 Å². The third kappa shape index (κ3) is 3.04.